The largest absolute Gasteiger partial charge is 0.380 e. The van der Waals surface area contributed by atoms with Crippen LogP contribution in [0, 0.1) is 0 Å². The Morgan fingerprint density at radius 2 is 1.20 bits per heavy atom. The molecule has 2 aromatic carbocycles. The summed E-state index contributed by atoms with van der Waals surface area (Å²) in [5.74, 6) is 0. The van der Waals surface area contributed by atoms with Gasteiger partial charge in [0.1, 0.15) is 0 Å². The Balaban J connectivity index is 2.05. The molecule has 0 aromatic heterocycles. The Morgan fingerprint density at radius 1 is 0.750 bits per heavy atom. The first-order valence-electron chi connectivity index (χ1n) is 6.98. The summed E-state index contributed by atoms with van der Waals surface area (Å²) in [6.45, 7) is 5.43. The Hall–Kier alpha value is -1.64. The summed E-state index contributed by atoms with van der Waals surface area (Å²) in [7, 11) is 1.71. The van der Waals surface area contributed by atoms with Crippen molar-refractivity contribution in [3.63, 3.8) is 0 Å². The van der Waals surface area contributed by atoms with Crippen molar-refractivity contribution in [3.8, 4) is 11.1 Å². The fraction of sp³-hybridized carbons (Fsp3) is 0.333. The zero-order valence-electron chi connectivity index (χ0n) is 12.4. The zero-order valence-corrected chi connectivity index (χ0v) is 12.4. The van der Waals surface area contributed by atoms with E-state index in [-0.39, 0.29) is 6.10 Å². The third kappa shape index (κ3) is 4.19. The van der Waals surface area contributed by atoms with Crippen LogP contribution < -0.4 is 0 Å². The van der Waals surface area contributed by atoms with E-state index in [2.05, 4.69) is 62.4 Å². The average Bonchev–Trinajstić information content (AvgIpc) is 2.47. The Morgan fingerprint density at radius 3 is 1.60 bits per heavy atom. The smallest absolute Gasteiger partial charge is 0.0720 e. The van der Waals surface area contributed by atoms with Crippen LogP contribution in [-0.2, 0) is 22.7 Å². The molecule has 2 aromatic rings. The standard InChI is InChI=1S/C18H22O2/c1-14(2)20-13-16-6-10-18(11-7-16)17-8-4-15(5-9-17)12-19-3/h4-11,14H,12-13H2,1-3H3. The van der Waals surface area contributed by atoms with Crippen LogP contribution in [0.1, 0.15) is 25.0 Å². The van der Waals surface area contributed by atoms with E-state index in [0.717, 1.165) is 0 Å². The van der Waals surface area contributed by atoms with Crippen molar-refractivity contribution >= 4 is 0 Å². The second-order valence-corrected chi connectivity index (χ2v) is 5.19. The minimum absolute atomic E-state index is 0.267. The quantitative estimate of drug-likeness (QED) is 0.773. The maximum Gasteiger partial charge on any atom is 0.0720 e. The van der Waals surface area contributed by atoms with Crippen molar-refractivity contribution in [2.75, 3.05) is 7.11 Å². The van der Waals surface area contributed by atoms with E-state index in [4.69, 9.17) is 9.47 Å². The summed E-state index contributed by atoms with van der Waals surface area (Å²) in [6.07, 6.45) is 0.267. The van der Waals surface area contributed by atoms with Crippen LogP contribution in [0.25, 0.3) is 11.1 Å². The molecule has 0 spiro atoms. The second-order valence-electron chi connectivity index (χ2n) is 5.19. The maximum atomic E-state index is 5.60. The number of rotatable bonds is 6. The lowest BCUT2D eigenvalue weighted by Gasteiger charge is -2.08. The molecule has 0 bridgehead atoms. The Labute approximate surface area is 121 Å². The van der Waals surface area contributed by atoms with Gasteiger partial charge in [-0.1, -0.05) is 48.5 Å². The second kappa shape index (κ2) is 7.22. The number of hydrogen-bond donors (Lipinski definition) is 0. The molecule has 20 heavy (non-hydrogen) atoms. The highest BCUT2D eigenvalue weighted by Crippen LogP contribution is 2.21. The van der Waals surface area contributed by atoms with Gasteiger partial charge in [0.15, 0.2) is 0 Å². The van der Waals surface area contributed by atoms with Gasteiger partial charge in [-0.25, -0.2) is 0 Å². The molecule has 106 valence electrons. The zero-order chi connectivity index (χ0) is 14.4. The molecule has 2 heteroatoms. The number of hydrogen-bond acceptors (Lipinski definition) is 2. The van der Waals surface area contributed by atoms with E-state index >= 15 is 0 Å². The third-order valence-electron chi connectivity index (χ3n) is 3.14. The van der Waals surface area contributed by atoms with Gasteiger partial charge in [0.2, 0.25) is 0 Å². The number of methoxy groups -OCH3 is 1. The molecule has 0 unspecified atom stereocenters. The molecule has 0 aliphatic carbocycles. The molecule has 0 fully saturated rings. The van der Waals surface area contributed by atoms with Crippen LogP contribution in [0.3, 0.4) is 0 Å². The minimum atomic E-state index is 0.267. The first-order valence-corrected chi connectivity index (χ1v) is 6.98. The van der Waals surface area contributed by atoms with Gasteiger partial charge < -0.3 is 9.47 Å². The molecule has 0 N–H and O–H groups in total. The molecule has 0 heterocycles. The molecule has 0 aliphatic rings. The van der Waals surface area contributed by atoms with Gasteiger partial charge in [0.05, 0.1) is 19.3 Å². The molecule has 0 saturated heterocycles. The summed E-state index contributed by atoms with van der Waals surface area (Å²) in [5, 5.41) is 0. The normalized spacial score (nSPS) is 11.0. The van der Waals surface area contributed by atoms with Gasteiger partial charge in [0.25, 0.3) is 0 Å². The lowest BCUT2D eigenvalue weighted by atomic mass is 10.0. The monoisotopic (exact) mass is 270 g/mol. The van der Waals surface area contributed by atoms with Crippen LogP contribution in [0.15, 0.2) is 48.5 Å². The van der Waals surface area contributed by atoms with Gasteiger partial charge in [-0.15, -0.1) is 0 Å². The van der Waals surface area contributed by atoms with Crippen molar-refractivity contribution in [3.05, 3.63) is 59.7 Å². The van der Waals surface area contributed by atoms with Gasteiger partial charge in [-0.3, -0.25) is 0 Å². The minimum Gasteiger partial charge on any atom is -0.380 e. The van der Waals surface area contributed by atoms with E-state index in [0.29, 0.717) is 13.2 Å². The maximum absolute atomic E-state index is 5.60. The first kappa shape index (κ1) is 14.8. The molecule has 0 radical (unpaired) electrons. The van der Waals surface area contributed by atoms with E-state index in [1.54, 1.807) is 7.11 Å². The molecule has 0 aliphatic heterocycles. The molecular weight excluding hydrogens is 248 g/mol. The van der Waals surface area contributed by atoms with Gasteiger partial charge in [-0.05, 0) is 36.1 Å². The van der Waals surface area contributed by atoms with E-state index < -0.39 is 0 Å². The van der Waals surface area contributed by atoms with Crippen LogP contribution in [0.2, 0.25) is 0 Å². The fourth-order valence-electron chi connectivity index (χ4n) is 2.02. The van der Waals surface area contributed by atoms with E-state index in [1.807, 2.05) is 0 Å². The fourth-order valence-corrected chi connectivity index (χ4v) is 2.02. The predicted molar refractivity (Wildman–Crippen MR) is 82.5 cm³/mol. The number of ether oxygens (including phenoxy) is 2. The van der Waals surface area contributed by atoms with Crippen molar-refractivity contribution in [2.45, 2.75) is 33.2 Å². The van der Waals surface area contributed by atoms with Crippen molar-refractivity contribution in [1.29, 1.82) is 0 Å². The van der Waals surface area contributed by atoms with Crippen molar-refractivity contribution in [2.24, 2.45) is 0 Å². The average molecular weight is 270 g/mol. The summed E-state index contributed by atoms with van der Waals surface area (Å²) in [6, 6.07) is 17.0. The summed E-state index contributed by atoms with van der Waals surface area (Å²) in [5.41, 5.74) is 4.85. The van der Waals surface area contributed by atoms with E-state index in [9.17, 15) is 0 Å². The van der Waals surface area contributed by atoms with Gasteiger partial charge in [0, 0.05) is 7.11 Å². The Kier molecular flexibility index (Phi) is 5.33. The highest BCUT2D eigenvalue weighted by molar-refractivity contribution is 5.63. The molecule has 0 amide bonds. The summed E-state index contributed by atoms with van der Waals surface area (Å²) in [4.78, 5) is 0. The van der Waals surface area contributed by atoms with Crippen molar-refractivity contribution < 1.29 is 9.47 Å². The Bertz CT molecular complexity index is 512. The molecule has 0 atom stereocenters. The lowest BCUT2D eigenvalue weighted by molar-refractivity contribution is 0.0657. The SMILES string of the molecule is COCc1ccc(-c2ccc(COC(C)C)cc2)cc1. The lowest BCUT2D eigenvalue weighted by Crippen LogP contribution is -2.01. The van der Waals surface area contributed by atoms with Crippen LogP contribution in [-0.4, -0.2) is 13.2 Å². The van der Waals surface area contributed by atoms with Gasteiger partial charge >= 0.3 is 0 Å². The van der Waals surface area contributed by atoms with Crippen LogP contribution >= 0.6 is 0 Å². The van der Waals surface area contributed by atoms with Crippen molar-refractivity contribution in [1.82, 2.24) is 0 Å². The predicted octanol–water partition coefficient (Wildman–Crippen LogP) is 4.43. The molecule has 2 rings (SSSR count). The highest BCUT2D eigenvalue weighted by Gasteiger charge is 2.00. The van der Waals surface area contributed by atoms with Crippen LogP contribution in [0.5, 0.6) is 0 Å². The van der Waals surface area contributed by atoms with E-state index in [1.165, 1.54) is 22.3 Å². The molecular formula is C18H22O2. The van der Waals surface area contributed by atoms with Gasteiger partial charge in [-0.2, -0.15) is 0 Å². The highest BCUT2D eigenvalue weighted by atomic mass is 16.5. The molecule has 0 saturated carbocycles. The number of benzene rings is 2. The summed E-state index contributed by atoms with van der Waals surface area (Å²) >= 11 is 0. The summed E-state index contributed by atoms with van der Waals surface area (Å²) < 4.78 is 10.7. The molecule has 2 nitrogen and oxygen atoms in total. The third-order valence-corrected chi connectivity index (χ3v) is 3.14. The topological polar surface area (TPSA) is 18.5 Å². The first-order chi connectivity index (χ1) is 9.69. The van der Waals surface area contributed by atoms with Crippen LogP contribution in [0.4, 0.5) is 0 Å².